The minimum atomic E-state index is -0.695. The standard InChI is InChI=1S/C16H15ClN4O3S2/c1-7(25-15-19-9-6-8(17)4-5-10(9)26-15)12(22)11-13(18)20(2)16(24)21(3)14(11)23/h4-7H,18H2,1-3H3. The summed E-state index contributed by atoms with van der Waals surface area (Å²) in [5.41, 5.74) is 5.15. The van der Waals surface area contributed by atoms with Gasteiger partial charge in [-0.2, -0.15) is 0 Å². The number of carbonyl (C=O) groups is 1. The van der Waals surface area contributed by atoms with E-state index >= 15 is 0 Å². The fourth-order valence-corrected chi connectivity index (χ4v) is 4.85. The average molecular weight is 411 g/mol. The molecule has 0 aliphatic heterocycles. The van der Waals surface area contributed by atoms with Crippen molar-refractivity contribution in [2.24, 2.45) is 14.1 Å². The minimum Gasteiger partial charge on any atom is -0.384 e. The summed E-state index contributed by atoms with van der Waals surface area (Å²) in [6.07, 6.45) is 0. The smallest absolute Gasteiger partial charge is 0.332 e. The molecular weight excluding hydrogens is 396 g/mol. The highest BCUT2D eigenvalue weighted by Crippen LogP contribution is 2.34. The maximum atomic E-state index is 12.8. The van der Waals surface area contributed by atoms with Crippen LogP contribution in [0.5, 0.6) is 0 Å². The molecule has 3 rings (SSSR count). The molecule has 3 aromatic rings. The third-order valence-electron chi connectivity index (χ3n) is 3.93. The lowest BCUT2D eigenvalue weighted by atomic mass is 10.1. The minimum absolute atomic E-state index is 0.133. The maximum absolute atomic E-state index is 12.8. The summed E-state index contributed by atoms with van der Waals surface area (Å²) in [5.74, 6) is -0.576. The van der Waals surface area contributed by atoms with Gasteiger partial charge < -0.3 is 5.73 Å². The summed E-state index contributed by atoms with van der Waals surface area (Å²) in [5, 5.41) is -0.0107. The lowest BCUT2D eigenvalue weighted by molar-refractivity contribution is 0.0992. The number of benzene rings is 1. The Morgan fingerprint density at radius 1 is 1.31 bits per heavy atom. The molecule has 1 atom stereocenters. The van der Waals surface area contributed by atoms with Gasteiger partial charge >= 0.3 is 5.69 Å². The predicted octanol–water partition coefficient (Wildman–Crippen LogP) is 2.29. The first-order chi connectivity index (χ1) is 12.2. The number of thiazole rings is 1. The molecule has 0 saturated carbocycles. The molecule has 0 aliphatic rings. The molecule has 10 heteroatoms. The van der Waals surface area contributed by atoms with E-state index in [2.05, 4.69) is 4.98 Å². The van der Waals surface area contributed by atoms with E-state index in [1.165, 1.54) is 37.2 Å². The molecule has 0 spiro atoms. The summed E-state index contributed by atoms with van der Waals surface area (Å²) < 4.78 is 3.60. The zero-order valence-corrected chi connectivity index (χ0v) is 16.5. The molecule has 136 valence electrons. The van der Waals surface area contributed by atoms with Gasteiger partial charge in [0, 0.05) is 19.1 Å². The first-order valence-electron chi connectivity index (χ1n) is 7.53. The van der Waals surface area contributed by atoms with E-state index in [1.807, 2.05) is 6.07 Å². The molecular formula is C16H15ClN4O3S2. The molecule has 0 saturated heterocycles. The lowest BCUT2D eigenvalue weighted by Gasteiger charge is -2.13. The van der Waals surface area contributed by atoms with Gasteiger partial charge in [0.1, 0.15) is 11.4 Å². The van der Waals surface area contributed by atoms with E-state index in [0.29, 0.717) is 9.36 Å². The number of anilines is 1. The fourth-order valence-electron chi connectivity index (χ4n) is 2.43. The van der Waals surface area contributed by atoms with Crippen LogP contribution in [0.4, 0.5) is 5.82 Å². The second-order valence-corrected chi connectivity index (χ2v) is 8.74. The third-order valence-corrected chi connectivity index (χ3v) is 6.40. The van der Waals surface area contributed by atoms with Crippen molar-refractivity contribution in [2.45, 2.75) is 16.5 Å². The van der Waals surface area contributed by atoms with Crippen molar-refractivity contribution in [1.82, 2.24) is 14.1 Å². The van der Waals surface area contributed by atoms with Gasteiger partial charge in [-0.15, -0.1) is 11.3 Å². The molecule has 2 heterocycles. The number of nitrogens with zero attached hydrogens (tertiary/aromatic N) is 3. The first kappa shape index (κ1) is 18.7. The van der Waals surface area contributed by atoms with Crippen molar-refractivity contribution in [3.8, 4) is 0 Å². The normalized spacial score (nSPS) is 12.5. The number of thioether (sulfide) groups is 1. The van der Waals surface area contributed by atoms with Crippen LogP contribution in [-0.2, 0) is 14.1 Å². The van der Waals surface area contributed by atoms with Crippen LogP contribution < -0.4 is 17.0 Å². The van der Waals surface area contributed by atoms with Crippen molar-refractivity contribution in [3.05, 3.63) is 49.6 Å². The van der Waals surface area contributed by atoms with Gasteiger partial charge in [-0.3, -0.25) is 18.7 Å². The summed E-state index contributed by atoms with van der Waals surface area (Å²) >= 11 is 8.64. The Balaban J connectivity index is 1.95. The Hall–Kier alpha value is -2.10. The Kier molecular flexibility index (Phi) is 4.96. The third kappa shape index (κ3) is 3.17. The highest BCUT2D eigenvalue weighted by Gasteiger charge is 2.26. The number of nitrogens with two attached hydrogens (primary N) is 1. The number of hydrogen-bond donors (Lipinski definition) is 1. The maximum Gasteiger partial charge on any atom is 0.332 e. The molecule has 7 nitrogen and oxygen atoms in total. The van der Waals surface area contributed by atoms with E-state index in [4.69, 9.17) is 17.3 Å². The van der Waals surface area contributed by atoms with Crippen LogP contribution in [0.3, 0.4) is 0 Å². The lowest BCUT2D eigenvalue weighted by Crippen LogP contribution is -2.42. The summed E-state index contributed by atoms with van der Waals surface area (Å²) in [6.45, 7) is 1.68. The van der Waals surface area contributed by atoms with Gasteiger partial charge in [-0.25, -0.2) is 9.78 Å². The topological polar surface area (TPSA) is 100.0 Å². The van der Waals surface area contributed by atoms with Crippen LogP contribution in [0.15, 0.2) is 32.1 Å². The first-order valence-corrected chi connectivity index (χ1v) is 9.60. The zero-order valence-electron chi connectivity index (χ0n) is 14.1. The number of fused-ring (bicyclic) bond motifs is 1. The van der Waals surface area contributed by atoms with Crippen molar-refractivity contribution < 1.29 is 4.79 Å². The second-order valence-electron chi connectivity index (χ2n) is 5.68. The van der Waals surface area contributed by atoms with Crippen molar-refractivity contribution >= 4 is 56.5 Å². The fraction of sp³-hybridized carbons (Fsp3) is 0.250. The molecule has 26 heavy (non-hydrogen) atoms. The molecule has 0 aliphatic carbocycles. The van der Waals surface area contributed by atoms with Crippen LogP contribution in [0.1, 0.15) is 17.3 Å². The van der Waals surface area contributed by atoms with E-state index < -0.39 is 22.3 Å². The molecule has 0 fully saturated rings. The largest absolute Gasteiger partial charge is 0.384 e. The molecule has 0 radical (unpaired) electrons. The molecule has 0 amide bonds. The molecule has 1 aromatic carbocycles. The molecule has 2 N–H and O–H groups in total. The number of ketones is 1. The van der Waals surface area contributed by atoms with Gasteiger partial charge in [-0.05, 0) is 25.1 Å². The SMILES string of the molecule is CC(Sc1nc2cc(Cl)ccc2s1)C(=O)c1c(N)n(C)c(=O)n(C)c1=O. The van der Waals surface area contributed by atoms with Crippen molar-refractivity contribution in [2.75, 3.05) is 5.73 Å². The van der Waals surface area contributed by atoms with Gasteiger partial charge in [0.05, 0.1) is 15.5 Å². The molecule has 1 unspecified atom stereocenters. The Labute approximate surface area is 161 Å². The Morgan fingerprint density at radius 3 is 2.69 bits per heavy atom. The average Bonchev–Trinajstić information content (AvgIpc) is 2.99. The van der Waals surface area contributed by atoms with E-state index in [0.717, 1.165) is 19.4 Å². The van der Waals surface area contributed by atoms with Crippen LogP contribution in [-0.4, -0.2) is 25.2 Å². The van der Waals surface area contributed by atoms with Gasteiger partial charge in [0.15, 0.2) is 10.1 Å². The van der Waals surface area contributed by atoms with Crippen LogP contribution in [0.25, 0.3) is 10.2 Å². The van der Waals surface area contributed by atoms with E-state index in [-0.39, 0.29) is 11.4 Å². The van der Waals surface area contributed by atoms with Crippen molar-refractivity contribution in [1.29, 1.82) is 0 Å². The van der Waals surface area contributed by atoms with Gasteiger partial charge in [-0.1, -0.05) is 23.4 Å². The quantitative estimate of drug-likeness (QED) is 0.523. The Bertz CT molecular complexity index is 1150. The number of hydrogen-bond acceptors (Lipinski definition) is 7. The highest BCUT2D eigenvalue weighted by molar-refractivity contribution is 8.02. The number of halogens is 1. The van der Waals surface area contributed by atoms with Crippen LogP contribution in [0.2, 0.25) is 5.02 Å². The van der Waals surface area contributed by atoms with Crippen molar-refractivity contribution in [3.63, 3.8) is 0 Å². The number of Topliss-reactive ketones (excluding diaryl/α,β-unsaturated/α-hetero) is 1. The highest BCUT2D eigenvalue weighted by atomic mass is 35.5. The summed E-state index contributed by atoms with van der Waals surface area (Å²) in [6, 6.07) is 5.40. The second kappa shape index (κ2) is 6.90. The predicted molar refractivity (Wildman–Crippen MR) is 106 cm³/mol. The van der Waals surface area contributed by atoms with Gasteiger partial charge in [0.2, 0.25) is 0 Å². The number of nitrogen functional groups attached to an aromatic ring is 1. The van der Waals surface area contributed by atoms with E-state index in [9.17, 15) is 14.4 Å². The number of rotatable bonds is 4. The summed E-state index contributed by atoms with van der Waals surface area (Å²) in [4.78, 5) is 41.5. The van der Waals surface area contributed by atoms with E-state index in [1.54, 1.807) is 19.1 Å². The number of carbonyl (C=O) groups excluding carboxylic acids is 1. The molecule has 0 bridgehead atoms. The zero-order chi connectivity index (χ0) is 19.2. The molecule has 2 aromatic heterocycles. The monoisotopic (exact) mass is 410 g/mol. The Morgan fingerprint density at radius 2 is 2.00 bits per heavy atom. The van der Waals surface area contributed by atoms with Crippen LogP contribution in [0, 0.1) is 0 Å². The van der Waals surface area contributed by atoms with Gasteiger partial charge in [0.25, 0.3) is 5.56 Å². The van der Waals surface area contributed by atoms with Crippen LogP contribution >= 0.6 is 34.7 Å². The summed E-state index contributed by atoms with van der Waals surface area (Å²) in [7, 11) is 2.74. The number of aromatic nitrogens is 3.